The van der Waals surface area contributed by atoms with E-state index in [1.807, 2.05) is 31.3 Å². The number of halogens is 1. The molecule has 0 aliphatic carbocycles. The minimum Gasteiger partial charge on any atom is -0.481 e. The second-order valence-corrected chi connectivity index (χ2v) is 6.41. The van der Waals surface area contributed by atoms with E-state index in [-0.39, 0.29) is 0 Å². The smallest absolute Gasteiger partial charge is 0.206 e. The molecule has 22 heavy (non-hydrogen) atoms. The summed E-state index contributed by atoms with van der Waals surface area (Å²) >= 11 is 7.82. The Morgan fingerprint density at radius 1 is 1.23 bits per heavy atom. The molecule has 0 amide bonds. The summed E-state index contributed by atoms with van der Waals surface area (Å²) in [4.78, 5) is 5.58. The Hall–Kier alpha value is -1.62. The summed E-state index contributed by atoms with van der Waals surface area (Å²) in [6.07, 6.45) is 0. The molecule has 0 atom stereocenters. The molecule has 3 aromatic rings. The molecule has 0 fully saturated rings. The van der Waals surface area contributed by atoms with Crippen LogP contribution in [0.15, 0.2) is 52.3 Å². The molecule has 0 radical (unpaired) electrons. The van der Waals surface area contributed by atoms with Gasteiger partial charge in [0.15, 0.2) is 0 Å². The van der Waals surface area contributed by atoms with Crippen molar-refractivity contribution in [1.29, 1.82) is 0 Å². The highest BCUT2D eigenvalue weighted by Gasteiger charge is 2.15. The number of aromatic nitrogens is 1. The lowest BCUT2D eigenvalue weighted by Gasteiger charge is -2.10. The average Bonchev–Trinajstić information content (AvgIpc) is 2.88. The maximum Gasteiger partial charge on any atom is 0.206 e. The topological polar surface area (TPSA) is 37.0 Å². The van der Waals surface area contributed by atoms with Crippen molar-refractivity contribution in [1.82, 2.24) is 10.3 Å². The first kappa shape index (κ1) is 15.3. The number of rotatable bonds is 5. The first-order valence-electron chi connectivity index (χ1n) is 6.98. The third-order valence-corrected chi connectivity index (χ3v) is 4.89. The van der Waals surface area contributed by atoms with Crippen molar-refractivity contribution >= 4 is 34.3 Å². The van der Waals surface area contributed by atoms with Crippen LogP contribution in [-0.4, -0.2) is 19.1 Å². The van der Waals surface area contributed by atoms with Gasteiger partial charge >= 0.3 is 0 Å². The summed E-state index contributed by atoms with van der Waals surface area (Å²) in [6.45, 7) is 0.771. The van der Waals surface area contributed by atoms with Crippen molar-refractivity contribution in [2.75, 3.05) is 14.2 Å². The van der Waals surface area contributed by atoms with Crippen LogP contribution < -0.4 is 10.1 Å². The minimum atomic E-state index is 0.750. The van der Waals surface area contributed by atoms with Gasteiger partial charge in [0, 0.05) is 27.4 Å². The quantitative estimate of drug-likeness (QED) is 0.711. The Bertz CT molecular complexity index is 800. The van der Waals surface area contributed by atoms with E-state index >= 15 is 0 Å². The molecule has 1 heterocycles. The van der Waals surface area contributed by atoms with Gasteiger partial charge in [0.05, 0.1) is 12.0 Å². The highest BCUT2D eigenvalue weighted by atomic mass is 35.5. The second-order valence-electron chi connectivity index (χ2n) is 4.92. The number of H-pyrrole nitrogens is 1. The monoisotopic (exact) mass is 332 g/mol. The van der Waals surface area contributed by atoms with Crippen molar-refractivity contribution in [3.8, 4) is 5.88 Å². The third-order valence-electron chi connectivity index (χ3n) is 3.43. The maximum atomic E-state index is 6.12. The molecular weight excluding hydrogens is 316 g/mol. The third kappa shape index (κ3) is 2.95. The Morgan fingerprint density at radius 3 is 2.82 bits per heavy atom. The molecule has 0 saturated carbocycles. The maximum absolute atomic E-state index is 6.12. The fourth-order valence-electron chi connectivity index (χ4n) is 2.42. The van der Waals surface area contributed by atoms with E-state index in [4.69, 9.17) is 16.3 Å². The fraction of sp³-hybridized carbons (Fsp3) is 0.176. The van der Waals surface area contributed by atoms with Crippen molar-refractivity contribution in [3.63, 3.8) is 0 Å². The predicted octanol–water partition coefficient (Wildman–Crippen LogP) is 4.70. The van der Waals surface area contributed by atoms with E-state index in [2.05, 4.69) is 28.5 Å². The lowest BCUT2D eigenvalue weighted by atomic mass is 10.2. The van der Waals surface area contributed by atoms with Gasteiger partial charge in [-0.05, 0) is 36.9 Å². The predicted molar refractivity (Wildman–Crippen MR) is 93.2 cm³/mol. The molecule has 0 saturated heterocycles. The van der Waals surface area contributed by atoms with Crippen LogP contribution in [0.25, 0.3) is 10.9 Å². The zero-order valence-corrected chi connectivity index (χ0v) is 14.0. The summed E-state index contributed by atoms with van der Waals surface area (Å²) in [5.74, 6) is 0.788. The number of aromatic amines is 1. The van der Waals surface area contributed by atoms with Crippen LogP contribution in [0.5, 0.6) is 5.88 Å². The SMILES string of the molecule is CNCc1cc(Cl)ccc1Sc1c(OC)[nH]c2ccccc12. The van der Waals surface area contributed by atoms with Gasteiger partial charge in [-0.1, -0.05) is 41.6 Å². The second kappa shape index (κ2) is 6.65. The van der Waals surface area contributed by atoms with Gasteiger partial charge in [-0.3, -0.25) is 0 Å². The van der Waals surface area contributed by atoms with Gasteiger partial charge in [-0.25, -0.2) is 0 Å². The van der Waals surface area contributed by atoms with Gasteiger partial charge in [0.2, 0.25) is 5.88 Å². The van der Waals surface area contributed by atoms with Crippen molar-refractivity contribution in [2.24, 2.45) is 0 Å². The minimum absolute atomic E-state index is 0.750. The van der Waals surface area contributed by atoms with E-state index in [1.165, 1.54) is 10.5 Å². The Labute approximate surface area is 139 Å². The molecule has 114 valence electrons. The summed E-state index contributed by atoms with van der Waals surface area (Å²) in [6, 6.07) is 14.2. The molecule has 0 aliphatic heterocycles. The number of hydrogen-bond donors (Lipinski definition) is 2. The number of fused-ring (bicyclic) bond motifs is 1. The lowest BCUT2D eigenvalue weighted by Crippen LogP contribution is -2.06. The molecule has 3 nitrogen and oxygen atoms in total. The van der Waals surface area contributed by atoms with Gasteiger partial charge < -0.3 is 15.0 Å². The molecule has 1 aromatic heterocycles. The number of nitrogens with one attached hydrogen (secondary N) is 2. The number of para-hydroxylation sites is 1. The molecule has 2 aromatic carbocycles. The van der Waals surface area contributed by atoms with Crippen LogP contribution in [0.3, 0.4) is 0 Å². The lowest BCUT2D eigenvalue weighted by molar-refractivity contribution is 0.392. The van der Waals surface area contributed by atoms with Crippen LogP contribution >= 0.6 is 23.4 Å². The highest BCUT2D eigenvalue weighted by molar-refractivity contribution is 7.99. The van der Waals surface area contributed by atoms with E-state index in [0.29, 0.717) is 0 Å². The zero-order chi connectivity index (χ0) is 15.5. The normalized spacial score (nSPS) is 11.0. The summed E-state index contributed by atoms with van der Waals surface area (Å²) < 4.78 is 5.51. The van der Waals surface area contributed by atoms with Gasteiger partial charge in [-0.15, -0.1) is 0 Å². The molecular formula is C17H17ClN2OS. The Kier molecular flexibility index (Phi) is 4.62. The summed E-state index contributed by atoms with van der Waals surface area (Å²) in [7, 11) is 3.62. The standard InChI is InChI=1S/C17H17ClN2OS/c1-19-10-11-9-12(18)7-8-15(11)22-16-13-5-3-4-6-14(13)20-17(16)21-2/h3-9,19-20H,10H2,1-2H3. The van der Waals surface area contributed by atoms with E-state index in [1.54, 1.807) is 18.9 Å². The largest absolute Gasteiger partial charge is 0.481 e. The molecule has 2 N–H and O–H groups in total. The molecule has 0 aliphatic rings. The molecule has 0 bridgehead atoms. The fourth-order valence-corrected chi connectivity index (χ4v) is 3.75. The van der Waals surface area contributed by atoms with E-state index in [9.17, 15) is 0 Å². The van der Waals surface area contributed by atoms with Crippen LogP contribution in [0, 0.1) is 0 Å². The van der Waals surface area contributed by atoms with Gasteiger partial charge in [0.25, 0.3) is 0 Å². The van der Waals surface area contributed by atoms with Gasteiger partial charge in [0.1, 0.15) is 0 Å². The first-order chi connectivity index (χ1) is 10.7. The zero-order valence-electron chi connectivity index (χ0n) is 12.4. The Morgan fingerprint density at radius 2 is 2.05 bits per heavy atom. The van der Waals surface area contributed by atoms with Crippen LogP contribution in [0.4, 0.5) is 0 Å². The summed E-state index contributed by atoms with van der Waals surface area (Å²) in [5.41, 5.74) is 2.25. The van der Waals surface area contributed by atoms with Crippen molar-refractivity contribution < 1.29 is 4.74 Å². The molecule has 5 heteroatoms. The van der Waals surface area contributed by atoms with E-state index < -0.39 is 0 Å². The number of hydrogen-bond acceptors (Lipinski definition) is 3. The number of methoxy groups -OCH3 is 1. The number of benzene rings is 2. The van der Waals surface area contributed by atoms with Crippen molar-refractivity contribution in [3.05, 3.63) is 53.1 Å². The molecule has 0 spiro atoms. The number of ether oxygens (including phenoxy) is 1. The molecule has 3 rings (SSSR count). The van der Waals surface area contributed by atoms with Crippen LogP contribution in [0.1, 0.15) is 5.56 Å². The van der Waals surface area contributed by atoms with Crippen molar-refractivity contribution in [2.45, 2.75) is 16.3 Å². The molecule has 0 unspecified atom stereocenters. The van der Waals surface area contributed by atoms with E-state index in [0.717, 1.165) is 33.2 Å². The van der Waals surface area contributed by atoms with Crippen LogP contribution in [0.2, 0.25) is 5.02 Å². The first-order valence-corrected chi connectivity index (χ1v) is 8.18. The van der Waals surface area contributed by atoms with Gasteiger partial charge in [-0.2, -0.15) is 0 Å². The average molecular weight is 333 g/mol. The van der Waals surface area contributed by atoms with Crippen LogP contribution in [-0.2, 0) is 6.54 Å². The summed E-state index contributed by atoms with van der Waals surface area (Å²) in [5, 5.41) is 5.10. The Balaban J connectivity index is 2.06. The highest BCUT2D eigenvalue weighted by Crippen LogP contribution is 2.42.